The number of hydrogen-bond donors (Lipinski definition) is 0. The SMILES string of the molecule is COc1ccccc1[C@H]1O[C@H](COC(C)=O)C=CC1=O. The molecule has 1 aliphatic heterocycles. The molecule has 0 saturated carbocycles. The van der Waals surface area contributed by atoms with Crippen molar-refractivity contribution in [2.24, 2.45) is 0 Å². The number of carbonyl (C=O) groups excluding carboxylic acids is 2. The summed E-state index contributed by atoms with van der Waals surface area (Å²) < 4.78 is 15.8. The standard InChI is InChI=1S/C15H16O5/c1-10(16)19-9-11-7-8-13(17)15(20-11)12-5-3-4-6-14(12)18-2/h3-8,11,15H,9H2,1-2H3/t11-,15+/m0/s1. The van der Waals surface area contributed by atoms with E-state index < -0.39 is 12.2 Å². The molecule has 20 heavy (non-hydrogen) atoms. The van der Waals surface area contributed by atoms with E-state index in [4.69, 9.17) is 14.2 Å². The van der Waals surface area contributed by atoms with Crippen molar-refractivity contribution in [3.05, 3.63) is 42.0 Å². The molecule has 0 amide bonds. The summed E-state index contributed by atoms with van der Waals surface area (Å²) in [4.78, 5) is 22.8. The van der Waals surface area contributed by atoms with Gasteiger partial charge in [-0.2, -0.15) is 0 Å². The predicted octanol–water partition coefficient (Wildman–Crippen LogP) is 1.82. The maximum Gasteiger partial charge on any atom is 0.302 e. The van der Waals surface area contributed by atoms with Gasteiger partial charge in [0.1, 0.15) is 24.6 Å². The lowest BCUT2D eigenvalue weighted by molar-refractivity contribution is -0.147. The first-order valence-electron chi connectivity index (χ1n) is 6.25. The number of esters is 1. The van der Waals surface area contributed by atoms with Crippen LogP contribution in [0.1, 0.15) is 18.6 Å². The molecule has 1 aromatic rings. The van der Waals surface area contributed by atoms with Gasteiger partial charge in [-0.3, -0.25) is 9.59 Å². The summed E-state index contributed by atoms with van der Waals surface area (Å²) in [6.07, 6.45) is 1.87. The third-order valence-corrected chi connectivity index (χ3v) is 2.92. The lowest BCUT2D eigenvalue weighted by Crippen LogP contribution is -2.29. The molecule has 0 N–H and O–H groups in total. The van der Waals surface area contributed by atoms with Crippen LogP contribution in [0, 0.1) is 0 Å². The minimum Gasteiger partial charge on any atom is -0.496 e. The summed E-state index contributed by atoms with van der Waals surface area (Å²) >= 11 is 0. The fourth-order valence-electron chi connectivity index (χ4n) is 1.98. The zero-order chi connectivity index (χ0) is 14.5. The summed E-state index contributed by atoms with van der Waals surface area (Å²) in [7, 11) is 1.54. The van der Waals surface area contributed by atoms with Crippen molar-refractivity contribution >= 4 is 11.8 Å². The number of benzene rings is 1. The molecule has 0 bridgehead atoms. The van der Waals surface area contributed by atoms with Gasteiger partial charge in [-0.25, -0.2) is 0 Å². The number of ether oxygens (including phenoxy) is 3. The highest BCUT2D eigenvalue weighted by molar-refractivity contribution is 5.95. The molecule has 5 heteroatoms. The van der Waals surface area contributed by atoms with Crippen LogP contribution in [0.4, 0.5) is 0 Å². The van der Waals surface area contributed by atoms with Crippen LogP contribution in [0.15, 0.2) is 36.4 Å². The van der Waals surface area contributed by atoms with Crippen LogP contribution in [0.25, 0.3) is 0 Å². The van der Waals surface area contributed by atoms with E-state index in [2.05, 4.69) is 0 Å². The van der Waals surface area contributed by atoms with Crippen LogP contribution in [0.5, 0.6) is 5.75 Å². The normalized spacial score (nSPS) is 21.6. The van der Waals surface area contributed by atoms with Crippen LogP contribution in [0.2, 0.25) is 0 Å². The highest BCUT2D eigenvalue weighted by Gasteiger charge is 2.29. The first-order valence-corrected chi connectivity index (χ1v) is 6.25. The third kappa shape index (κ3) is 3.24. The molecule has 1 heterocycles. The van der Waals surface area contributed by atoms with Crippen molar-refractivity contribution < 1.29 is 23.8 Å². The molecule has 106 valence electrons. The monoisotopic (exact) mass is 276 g/mol. The van der Waals surface area contributed by atoms with E-state index in [1.807, 2.05) is 12.1 Å². The zero-order valence-electron chi connectivity index (χ0n) is 11.4. The number of para-hydroxylation sites is 1. The van der Waals surface area contributed by atoms with Gasteiger partial charge in [0.25, 0.3) is 0 Å². The smallest absolute Gasteiger partial charge is 0.302 e. The van der Waals surface area contributed by atoms with Gasteiger partial charge in [-0.05, 0) is 18.2 Å². The van der Waals surface area contributed by atoms with Crippen LogP contribution in [0.3, 0.4) is 0 Å². The Hall–Kier alpha value is -2.14. The quantitative estimate of drug-likeness (QED) is 0.785. The Kier molecular flexibility index (Phi) is 4.53. The lowest BCUT2D eigenvalue weighted by atomic mass is 10.0. The maximum atomic E-state index is 12.0. The Morgan fingerprint density at radius 2 is 2.10 bits per heavy atom. The number of methoxy groups -OCH3 is 1. The number of ketones is 1. The molecule has 0 aromatic heterocycles. The highest BCUT2D eigenvalue weighted by Crippen LogP contribution is 2.31. The van der Waals surface area contributed by atoms with Crippen LogP contribution < -0.4 is 4.74 Å². The fraction of sp³-hybridized carbons (Fsp3) is 0.333. The van der Waals surface area contributed by atoms with Gasteiger partial charge >= 0.3 is 5.97 Å². The maximum absolute atomic E-state index is 12.0. The topological polar surface area (TPSA) is 61.8 Å². The van der Waals surface area contributed by atoms with Crippen molar-refractivity contribution in [3.8, 4) is 5.75 Å². The molecule has 1 aliphatic rings. The predicted molar refractivity (Wildman–Crippen MR) is 71.4 cm³/mol. The Morgan fingerprint density at radius 1 is 1.35 bits per heavy atom. The Labute approximate surface area is 117 Å². The van der Waals surface area contributed by atoms with E-state index in [1.165, 1.54) is 20.1 Å². The summed E-state index contributed by atoms with van der Waals surface area (Å²) in [6.45, 7) is 1.42. The fourth-order valence-corrected chi connectivity index (χ4v) is 1.98. The molecule has 2 atom stereocenters. The molecule has 0 fully saturated rings. The summed E-state index contributed by atoms with van der Waals surface area (Å²) in [5.41, 5.74) is 0.664. The van der Waals surface area contributed by atoms with Crippen molar-refractivity contribution in [2.45, 2.75) is 19.1 Å². The molecule has 0 radical (unpaired) electrons. The number of carbonyl (C=O) groups is 2. The van der Waals surface area contributed by atoms with Crippen LogP contribution in [-0.2, 0) is 19.1 Å². The van der Waals surface area contributed by atoms with Crippen molar-refractivity contribution in [3.63, 3.8) is 0 Å². The van der Waals surface area contributed by atoms with Crippen molar-refractivity contribution in [1.82, 2.24) is 0 Å². The van der Waals surface area contributed by atoms with Gasteiger partial charge in [-0.1, -0.05) is 18.2 Å². The Bertz CT molecular complexity index is 535. The average molecular weight is 276 g/mol. The van der Waals surface area contributed by atoms with Gasteiger partial charge in [0.2, 0.25) is 0 Å². The first-order chi connectivity index (χ1) is 9.61. The van der Waals surface area contributed by atoms with Gasteiger partial charge in [0.15, 0.2) is 5.78 Å². The molecular weight excluding hydrogens is 260 g/mol. The van der Waals surface area contributed by atoms with Crippen LogP contribution >= 0.6 is 0 Å². The number of hydrogen-bond acceptors (Lipinski definition) is 5. The van der Waals surface area contributed by atoms with E-state index in [0.717, 1.165) is 0 Å². The van der Waals surface area contributed by atoms with E-state index in [-0.39, 0.29) is 18.4 Å². The third-order valence-electron chi connectivity index (χ3n) is 2.92. The van der Waals surface area contributed by atoms with Crippen LogP contribution in [-0.4, -0.2) is 31.6 Å². The van der Waals surface area contributed by atoms with E-state index in [1.54, 1.807) is 18.2 Å². The second-order valence-electron chi connectivity index (χ2n) is 4.36. The van der Waals surface area contributed by atoms with Gasteiger partial charge in [-0.15, -0.1) is 0 Å². The molecular formula is C15H16O5. The minimum atomic E-state index is -0.739. The average Bonchev–Trinajstić information content (AvgIpc) is 2.46. The summed E-state index contributed by atoms with van der Waals surface area (Å²) in [5.74, 6) is 0.0497. The molecule has 0 spiro atoms. The second-order valence-corrected chi connectivity index (χ2v) is 4.36. The largest absolute Gasteiger partial charge is 0.496 e. The van der Waals surface area contributed by atoms with E-state index >= 15 is 0 Å². The molecule has 0 saturated heterocycles. The Balaban J connectivity index is 2.17. The Morgan fingerprint density at radius 3 is 2.80 bits per heavy atom. The lowest BCUT2D eigenvalue weighted by Gasteiger charge is -2.25. The van der Waals surface area contributed by atoms with E-state index in [9.17, 15) is 9.59 Å². The van der Waals surface area contributed by atoms with Gasteiger partial charge in [0, 0.05) is 12.5 Å². The summed E-state index contributed by atoms with van der Waals surface area (Å²) in [6, 6.07) is 7.19. The van der Waals surface area contributed by atoms with Gasteiger partial charge < -0.3 is 14.2 Å². The van der Waals surface area contributed by atoms with Crippen molar-refractivity contribution in [2.75, 3.05) is 13.7 Å². The number of rotatable bonds is 4. The molecule has 0 aliphatic carbocycles. The molecule has 5 nitrogen and oxygen atoms in total. The van der Waals surface area contributed by atoms with E-state index in [0.29, 0.717) is 11.3 Å². The molecule has 1 aromatic carbocycles. The first kappa shape index (κ1) is 14.3. The van der Waals surface area contributed by atoms with Gasteiger partial charge in [0.05, 0.1) is 7.11 Å². The van der Waals surface area contributed by atoms with Crippen molar-refractivity contribution in [1.29, 1.82) is 0 Å². The highest BCUT2D eigenvalue weighted by atomic mass is 16.6. The summed E-state index contributed by atoms with van der Waals surface area (Å²) in [5, 5.41) is 0. The minimum absolute atomic E-state index is 0.0881. The molecule has 0 unspecified atom stereocenters. The second kappa shape index (κ2) is 6.34. The molecule has 2 rings (SSSR count). The zero-order valence-corrected chi connectivity index (χ0v) is 11.4.